The number of carbonyl (C=O) groups is 1. The minimum Gasteiger partial charge on any atom is -0.481 e. The molecule has 0 atom stereocenters. The Kier molecular flexibility index (Phi) is 4.70. The van der Waals surface area contributed by atoms with Crippen LogP contribution in [-0.4, -0.2) is 27.8 Å². The molecule has 0 aliphatic rings. The van der Waals surface area contributed by atoms with Crippen LogP contribution in [0.25, 0.3) is 0 Å². The Morgan fingerprint density at radius 2 is 2.11 bits per heavy atom. The first kappa shape index (κ1) is 13.8. The van der Waals surface area contributed by atoms with E-state index < -0.39 is 5.97 Å². The number of hydrogen-bond acceptors (Lipinski definition) is 5. The molecule has 100 valence electrons. The molecule has 0 aliphatic carbocycles. The summed E-state index contributed by atoms with van der Waals surface area (Å²) < 4.78 is 0. The van der Waals surface area contributed by atoms with E-state index in [0.717, 1.165) is 10.7 Å². The number of nitrogens with zero attached hydrogens (tertiary/aromatic N) is 3. The molecule has 1 N–H and O–H groups in total. The van der Waals surface area contributed by atoms with Gasteiger partial charge in [-0.15, -0.1) is 10.2 Å². The van der Waals surface area contributed by atoms with E-state index in [1.807, 2.05) is 29.2 Å². The van der Waals surface area contributed by atoms with Crippen LogP contribution >= 0.6 is 22.9 Å². The smallest absolute Gasteiger partial charge is 0.305 e. The van der Waals surface area contributed by atoms with E-state index in [2.05, 4.69) is 10.2 Å². The van der Waals surface area contributed by atoms with Crippen molar-refractivity contribution in [3.05, 3.63) is 40.4 Å². The molecule has 19 heavy (non-hydrogen) atoms. The highest BCUT2D eigenvalue weighted by molar-refractivity contribution is 7.13. The molecule has 0 amide bonds. The van der Waals surface area contributed by atoms with Crippen molar-refractivity contribution in [1.29, 1.82) is 0 Å². The Hall–Kier alpha value is -1.66. The summed E-state index contributed by atoms with van der Waals surface area (Å²) in [4.78, 5) is 12.6. The van der Waals surface area contributed by atoms with Gasteiger partial charge in [-0.05, 0) is 17.7 Å². The monoisotopic (exact) mass is 297 g/mol. The van der Waals surface area contributed by atoms with E-state index in [0.29, 0.717) is 18.1 Å². The average molecular weight is 298 g/mol. The zero-order valence-electron chi connectivity index (χ0n) is 9.99. The van der Waals surface area contributed by atoms with Gasteiger partial charge in [-0.2, -0.15) is 0 Å². The van der Waals surface area contributed by atoms with E-state index in [1.165, 1.54) is 11.3 Å². The Morgan fingerprint density at radius 1 is 1.37 bits per heavy atom. The van der Waals surface area contributed by atoms with Crippen LogP contribution in [0, 0.1) is 0 Å². The molecule has 2 rings (SSSR count). The molecule has 0 saturated heterocycles. The standard InChI is InChI=1S/C12H12ClN3O2S/c13-10-3-1-9(2-4-10)7-16(6-5-11(17)18)12-15-14-8-19-12/h1-4,8H,5-7H2,(H,17,18). The molecule has 0 fully saturated rings. The molecule has 2 aromatic rings. The highest BCUT2D eigenvalue weighted by Gasteiger charge is 2.12. The van der Waals surface area contributed by atoms with E-state index in [-0.39, 0.29) is 6.42 Å². The zero-order chi connectivity index (χ0) is 13.7. The maximum atomic E-state index is 10.7. The normalized spacial score (nSPS) is 10.4. The molecular formula is C12H12ClN3O2S. The zero-order valence-corrected chi connectivity index (χ0v) is 11.6. The highest BCUT2D eigenvalue weighted by atomic mass is 35.5. The average Bonchev–Trinajstić information content (AvgIpc) is 2.90. The molecule has 1 heterocycles. The Bertz CT molecular complexity index is 530. The van der Waals surface area contributed by atoms with Gasteiger partial charge in [0.05, 0.1) is 6.42 Å². The number of carboxylic acids is 1. The summed E-state index contributed by atoms with van der Waals surface area (Å²) in [6.45, 7) is 0.979. The highest BCUT2D eigenvalue weighted by Crippen LogP contribution is 2.20. The van der Waals surface area contributed by atoms with Crippen LogP contribution in [-0.2, 0) is 11.3 Å². The number of aliphatic carboxylic acids is 1. The number of benzene rings is 1. The summed E-state index contributed by atoms with van der Waals surface area (Å²) in [5.41, 5.74) is 2.68. The summed E-state index contributed by atoms with van der Waals surface area (Å²) in [5, 5.41) is 17.9. The van der Waals surface area contributed by atoms with E-state index >= 15 is 0 Å². The van der Waals surface area contributed by atoms with Gasteiger partial charge in [0, 0.05) is 18.1 Å². The molecule has 0 saturated carbocycles. The van der Waals surface area contributed by atoms with Gasteiger partial charge >= 0.3 is 5.97 Å². The Morgan fingerprint density at radius 3 is 2.68 bits per heavy atom. The van der Waals surface area contributed by atoms with Gasteiger partial charge in [0.15, 0.2) is 0 Å². The van der Waals surface area contributed by atoms with Crippen molar-refractivity contribution in [3.63, 3.8) is 0 Å². The van der Waals surface area contributed by atoms with Gasteiger partial charge < -0.3 is 10.0 Å². The van der Waals surface area contributed by atoms with Crippen molar-refractivity contribution < 1.29 is 9.90 Å². The van der Waals surface area contributed by atoms with Crippen LogP contribution in [0.5, 0.6) is 0 Å². The molecule has 1 aromatic carbocycles. The van der Waals surface area contributed by atoms with Crippen molar-refractivity contribution in [2.75, 3.05) is 11.4 Å². The number of aromatic nitrogens is 2. The van der Waals surface area contributed by atoms with Gasteiger partial charge in [0.2, 0.25) is 5.13 Å². The number of halogens is 1. The maximum Gasteiger partial charge on any atom is 0.305 e. The van der Waals surface area contributed by atoms with Crippen LogP contribution in [0.1, 0.15) is 12.0 Å². The molecule has 0 unspecified atom stereocenters. The second-order valence-corrected chi connectivity index (χ2v) is 5.16. The SMILES string of the molecule is O=C(O)CCN(Cc1ccc(Cl)cc1)c1nncs1. The molecule has 0 spiro atoms. The fraction of sp³-hybridized carbons (Fsp3) is 0.250. The second kappa shape index (κ2) is 6.49. The maximum absolute atomic E-state index is 10.7. The third-order valence-corrected chi connectivity index (χ3v) is 3.50. The molecule has 5 nitrogen and oxygen atoms in total. The minimum atomic E-state index is -0.828. The fourth-order valence-electron chi connectivity index (χ4n) is 1.59. The van der Waals surface area contributed by atoms with E-state index in [4.69, 9.17) is 16.7 Å². The molecule has 1 aromatic heterocycles. The summed E-state index contributed by atoms with van der Waals surface area (Å²) in [6, 6.07) is 7.45. The molecule has 0 bridgehead atoms. The van der Waals surface area contributed by atoms with Gasteiger partial charge in [-0.3, -0.25) is 4.79 Å². The summed E-state index contributed by atoms with van der Waals surface area (Å²) in [7, 11) is 0. The number of anilines is 1. The van der Waals surface area contributed by atoms with Gasteiger partial charge in [0.1, 0.15) is 5.51 Å². The van der Waals surface area contributed by atoms with Crippen LogP contribution < -0.4 is 4.90 Å². The van der Waals surface area contributed by atoms with Crippen molar-refractivity contribution in [2.24, 2.45) is 0 Å². The number of rotatable bonds is 6. The van der Waals surface area contributed by atoms with Crippen LogP contribution in [0.15, 0.2) is 29.8 Å². The molecular weight excluding hydrogens is 286 g/mol. The quantitative estimate of drug-likeness (QED) is 0.888. The summed E-state index contributed by atoms with van der Waals surface area (Å²) in [5.74, 6) is -0.828. The lowest BCUT2D eigenvalue weighted by atomic mass is 10.2. The van der Waals surface area contributed by atoms with Gasteiger partial charge in [-0.25, -0.2) is 0 Å². The lowest BCUT2D eigenvalue weighted by Crippen LogP contribution is -2.25. The lowest BCUT2D eigenvalue weighted by Gasteiger charge is -2.20. The lowest BCUT2D eigenvalue weighted by molar-refractivity contribution is -0.136. The van der Waals surface area contributed by atoms with Gasteiger partial charge in [-0.1, -0.05) is 35.1 Å². The molecule has 0 aliphatic heterocycles. The Balaban J connectivity index is 2.09. The van der Waals surface area contributed by atoms with E-state index in [9.17, 15) is 4.79 Å². The van der Waals surface area contributed by atoms with Crippen molar-refractivity contribution in [2.45, 2.75) is 13.0 Å². The van der Waals surface area contributed by atoms with Crippen molar-refractivity contribution in [3.8, 4) is 0 Å². The summed E-state index contributed by atoms with van der Waals surface area (Å²) >= 11 is 7.23. The van der Waals surface area contributed by atoms with Crippen molar-refractivity contribution >= 4 is 34.0 Å². The second-order valence-electron chi connectivity index (χ2n) is 3.91. The van der Waals surface area contributed by atoms with Gasteiger partial charge in [0.25, 0.3) is 0 Å². The van der Waals surface area contributed by atoms with Crippen LogP contribution in [0.4, 0.5) is 5.13 Å². The number of hydrogen-bond donors (Lipinski definition) is 1. The third-order valence-electron chi connectivity index (χ3n) is 2.50. The fourth-order valence-corrected chi connectivity index (χ4v) is 2.30. The minimum absolute atomic E-state index is 0.0627. The topological polar surface area (TPSA) is 66.3 Å². The van der Waals surface area contributed by atoms with Crippen molar-refractivity contribution in [1.82, 2.24) is 10.2 Å². The largest absolute Gasteiger partial charge is 0.481 e. The predicted molar refractivity (Wildman–Crippen MR) is 74.7 cm³/mol. The molecule has 7 heteroatoms. The van der Waals surface area contributed by atoms with E-state index in [1.54, 1.807) is 5.51 Å². The Labute approximate surface area is 119 Å². The predicted octanol–water partition coefficient (Wildman–Crippen LogP) is 2.67. The first-order valence-corrected chi connectivity index (χ1v) is 6.88. The first-order valence-electron chi connectivity index (χ1n) is 5.62. The number of carboxylic acid groups (broad SMARTS) is 1. The van der Waals surface area contributed by atoms with Crippen LogP contribution in [0.2, 0.25) is 5.02 Å². The summed E-state index contributed by atoms with van der Waals surface area (Å²) in [6.07, 6.45) is 0.0627. The third kappa shape index (κ3) is 4.18. The van der Waals surface area contributed by atoms with Crippen LogP contribution in [0.3, 0.4) is 0 Å². The first-order chi connectivity index (χ1) is 9.15. The molecule has 0 radical (unpaired) electrons.